The Labute approximate surface area is 170 Å². The Bertz CT molecular complexity index is 876. The van der Waals surface area contributed by atoms with Gasteiger partial charge in [-0.15, -0.1) is 0 Å². The molecule has 2 fully saturated rings. The minimum atomic E-state index is -0.0900. The SMILES string of the molecule is Cc1ccc(C(=O)N2CCC(c3nc(C(=O)N4CCOCC4)c(C)o3)CC2)cc1. The Balaban J connectivity index is 1.39. The number of piperidine rings is 1. The van der Waals surface area contributed by atoms with Crippen LogP contribution in [0.2, 0.25) is 0 Å². The Morgan fingerprint density at radius 3 is 2.21 bits per heavy atom. The normalized spacial score (nSPS) is 18.1. The summed E-state index contributed by atoms with van der Waals surface area (Å²) in [6, 6.07) is 7.68. The second-order valence-electron chi connectivity index (χ2n) is 7.79. The Kier molecular flexibility index (Phi) is 5.67. The van der Waals surface area contributed by atoms with E-state index in [0.29, 0.717) is 56.7 Å². The van der Waals surface area contributed by atoms with Crippen molar-refractivity contribution in [2.24, 2.45) is 0 Å². The van der Waals surface area contributed by atoms with Gasteiger partial charge in [0.1, 0.15) is 5.76 Å². The summed E-state index contributed by atoms with van der Waals surface area (Å²) in [5.74, 6) is 1.28. The molecule has 7 heteroatoms. The van der Waals surface area contributed by atoms with E-state index in [-0.39, 0.29) is 17.7 Å². The van der Waals surface area contributed by atoms with Crippen LogP contribution in [-0.4, -0.2) is 66.0 Å². The van der Waals surface area contributed by atoms with Crippen LogP contribution in [-0.2, 0) is 4.74 Å². The predicted octanol–water partition coefficient (Wildman–Crippen LogP) is 2.78. The summed E-state index contributed by atoms with van der Waals surface area (Å²) in [5, 5.41) is 0. The summed E-state index contributed by atoms with van der Waals surface area (Å²) >= 11 is 0. The Hall–Kier alpha value is -2.67. The van der Waals surface area contributed by atoms with Gasteiger partial charge in [-0.3, -0.25) is 9.59 Å². The van der Waals surface area contributed by atoms with Gasteiger partial charge in [0.15, 0.2) is 11.6 Å². The molecular weight excluding hydrogens is 370 g/mol. The van der Waals surface area contributed by atoms with Crippen molar-refractivity contribution < 1.29 is 18.7 Å². The molecule has 2 aliphatic rings. The van der Waals surface area contributed by atoms with Crippen LogP contribution in [0.5, 0.6) is 0 Å². The van der Waals surface area contributed by atoms with Crippen molar-refractivity contribution >= 4 is 11.8 Å². The number of benzene rings is 1. The molecule has 0 saturated carbocycles. The van der Waals surface area contributed by atoms with Crippen LogP contribution in [0.25, 0.3) is 0 Å². The third-order valence-electron chi connectivity index (χ3n) is 5.74. The third kappa shape index (κ3) is 4.19. The maximum atomic E-state index is 12.7. The Morgan fingerprint density at radius 1 is 0.931 bits per heavy atom. The highest BCUT2D eigenvalue weighted by Gasteiger charge is 2.30. The number of oxazole rings is 1. The van der Waals surface area contributed by atoms with E-state index in [4.69, 9.17) is 9.15 Å². The minimum Gasteiger partial charge on any atom is -0.445 e. The molecule has 1 aromatic heterocycles. The number of carbonyl (C=O) groups is 2. The zero-order valence-corrected chi connectivity index (χ0v) is 17.0. The number of aryl methyl sites for hydroxylation is 2. The Morgan fingerprint density at radius 2 is 1.55 bits per heavy atom. The summed E-state index contributed by atoms with van der Waals surface area (Å²) in [6.07, 6.45) is 1.56. The molecule has 3 heterocycles. The lowest BCUT2D eigenvalue weighted by molar-refractivity contribution is 0.0298. The fourth-order valence-corrected chi connectivity index (χ4v) is 3.91. The van der Waals surface area contributed by atoms with E-state index in [1.807, 2.05) is 36.1 Å². The predicted molar refractivity (Wildman–Crippen MR) is 107 cm³/mol. The summed E-state index contributed by atoms with van der Waals surface area (Å²) in [5.41, 5.74) is 2.27. The lowest BCUT2D eigenvalue weighted by atomic mass is 9.96. The fraction of sp³-hybridized carbons (Fsp3) is 0.500. The number of nitrogens with zero attached hydrogens (tertiary/aromatic N) is 3. The highest BCUT2D eigenvalue weighted by Crippen LogP contribution is 2.30. The molecule has 1 aromatic carbocycles. The number of likely N-dealkylation sites (tertiary alicyclic amines) is 1. The van der Waals surface area contributed by atoms with Gasteiger partial charge in [0, 0.05) is 37.7 Å². The highest BCUT2D eigenvalue weighted by atomic mass is 16.5. The first-order valence-corrected chi connectivity index (χ1v) is 10.2. The van der Waals surface area contributed by atoms with E-state index >= 15 is 0 Å². The molecule has 29 heavy (non-hydrogen) atoms. The summed E-state index contributed by atoms with van der Waals surface area (Å²) in [4.78, 5) is 33.6. The van der Waals surface area contributed by atoms with Gasteiger partial charge in [0.2, 0.25) is 0 Å². The van der Waals surface area contributed by atoms with E-state index in [2.05, 4.69) is 4.98 Å². The van der Waals surface area contributed by atoms with Crippen LogP contribution < -0.4 is 0 Å². The van der Waals surface area contributed by atoms with Gasteiger partial charge in [0.25, 0.3) is 11.8 Å². The van der Waals surface area contributed by atoms with E-state index in [1.54, 1.807) is 11.8 Å². The van der Waals surface area contributed by atoms with Crippen molar-refractivity contribution in [3.05, 3.63) is 52.7 Å². The van der Waals surface area contributed by atoms with Crippen LogP contribution in [0, 0.1) is 13.8 Å². The highest BCUT2D eigenvalue weighted by molar-refractivity contribution is 5.94. The van der Waals surface area contributed by atoms with Gasteiger partial charge >= 0.3 is 0 Å². The van der Waals surface area contributed by atoms with Crippen LogP contribution in [0.15, 0.2) is 28.7 Å². The maximum Gasteiger partial charge on any atom is 0.276 e. The molecule has 0 radical (unpaired) electrons. The van der Waals surface area contributed by atoms with Gasteiger partial charge in [-0.25, -0.2) is 4.98 Å². The third-order valence-corrected chi connectivity index (χ3v) is 5.74. The monoisotopic (exact) mass is 397 g/mol. The van der Waals surface area contributed by atoms with Crippen LogP contribution >= 0.6 is 0 Å². The van der Waals surface area contributed by atoms with Crippen LogP contribution in [0.3, 0.4) is 0 Å². The number of hydrogen-bond acceptors (Lipinski definition) is 5. The lowest BCUT2D eigenvalue weighted by Gasteiger charge is -2.30. The van der Waals surface area contributed by atoms with Crippen molar-refractivity contribution in [2.45, 2.75) is 32.6 Å². The van der Waals surface area contributed by atoms with Gasteiger partial charge in [0.05, 0.1) is 13.2 Å². The van der Waals surface area contributed by atoms with Crippen molar-refractivity contribution in [2.75, 3.05) is 39.4 Å². The average molecular weight is 397 g/mol. The molecule has 2 saturated heterocycles. The number of morpholine rings is 1. The minimum absolute atomic E-state index is 0.0650. The van der Waals surface area contributed by atoms with Gasteiger partial charge in [-0.2, -0.15) is 0 Å². The first-order chi connectivity index (χ1) is 14.0. The zero-order chi connectivity index (χ0) is 20.4. The van der Waals surface area contributed by atoms with Crippen molar-refractivity contribution in [3.63, 3.8) is 0 Å². The molecule has 0 unspecified atom stereocenters. The molecule has 4 rings (SSSR count). The fourth-order valence-electron chi connectivity index (χ4n) is 3.91. The van der Waals surface area contributed by atoms with E-state index in [9.17, 15) is 9.59 Å². The van der Waals surface area contributed by atoms with Crippen LogP contribution in [0.1, 0.15) is 56.8 Å². The second-order valence-corrected chi connectivity index (χ2v) is 7.79. The summed E-state index contributed by atoms with van der Waals surface area (Å²) in [7, 11) is 0. The topological polar surface area (TPSA) is 75.9 Å². The standard InChI is InChI=1S/C22H27N3O4/c1-15-3-5-18(6-4-15)21(26)24-9-7-17(8-10-24)20-23-19(16(2)29-20)22(27)25-11-13-28-14-12-25/h3-6,17H,7-14H2,1-2H3. The van der Waals surface area contributed by atoms with Gasteiger partial charge < -0.3 is 19.0 Å². The summed E-state index contributed by atoms with van der Waals surface area (Å²) in [6.45, 7) is 7.40. The van der Waals surface area contributed by atoms with Gasteiger partial charge in [-0.05, 0) is 38.8 Å². The molecule has 154 valence electrons. The molecule has 0 N–H and O–H groups in total. The molecular formula is C22H27N3O4. The van der Waals surface area contributed by atoms with Crippen LogP contribution in [0.4, 0.5) is 0 Å². The second kappa shape index (κ2) is 8.37. The van der Waals surface area contributed by atoms with Gasteiger partial charge in [-0.1, -0.05) is 17.7 Å². The van der Waals surface area contributed by atoms with E-state index in [0.717, 1.165) is 24.0 Å². The molecule has 0 aliphatic carbocycles. The summed E-state index contributed by atoms with van der Waals surface area (Å²) < 4.78 is 11.2. The first kappa shape index (κ1) is 19.6. The molecule has 0 bridgehead atoms. The average Bonchev–Trinajstić information content (AvgIpc) is 3.15. The smallest absolute Gasteiger partial charge is 0.276 e. The van der Waals surface area contributed by atoms with E-state index < -0.39 is 0 Å². The molecule has 0 spiro atoms. The molecule has 2 aromatic rings. The lowest BCUT2D eigenvalue weighted by Crippen LogP contribution is -2.41. The number of amides is 2. The molecule has 0 atom stereocenters. The number of hydrogen-bond donors (Lipinski definition) is 0. The van der Waals surface area contributed by atoms with Crippen molar-refractivity contribution in [1.29, 1.82) is 0 Å². The first-order valence-electron chi connectivity index (χ1n) is 10.2. The number of rotatable bonds is 3. The van der Waals surface area contributed by atoms with E-state index in [1.165, 1.54) is 0 Å². The quantitative estimate of drug-likeness (QED) is 0.796. The molecule has 2 amide bonds. The zero-order valence-electron chi connectivity index (χ0n) is 17.0. The largest absolute Gasteiger partial charge is 0.445 e. The maximum absolute atomic E-state index is 12.7. The molecule has 2 aliphatic heterocycles. The van der Waals surface area contributed by atoms with Crippen molar-refractivity contribution in [1.82, 2.24) is 14.8 Å². The molecule has 7 nitrogen and oxygen atoms in total. The van der Waals surface area contributed by atoms with Crippen molar-refractivity contribution in [3.8, 4) is 0 Å². The number of ether oxygens (including phenoxy) is 1. The number of aromatic nitrogens is 1. The number of carbonyl (C=O) groups excluding carboxylic acids is 2.